The molecule has 1 amide bonds. The molecule has 0 aliphatic carbocycles. The van der Waals surface area contributed by atoms with Crippen molar-refractivity contribution in [3.05, 3.63) is 59.3 Å². The summed E-state index contributed by atoms with van der Waals surface area (Å²) in [6, 6.07) is 12.4. The number of carbonyl (C=O) groups is 1. The lowest BCUT2D eigenvalue weighted by Gasteiger charge is -2.37. The second-order valence-electron chi connectivity index (χ2n) is 7.29. The number of rotatable bonds is 4. The van der Waals surface area contributed by atoms with E-state index in [0.717, 1.165) is 25.1 Å². The van der Waals surface area contributed by atoms with Gasteiger partial charge < -0.3 is 15.4 Å². The summed E-state index contributed by atoms with van der Waals surface area (Å²) in [5.41, 5.74) is 9.62. The third-order valence-electron chi connectivity index (χ3n) is 5.54. The fourth-order valence-corrected chi connectivity index (χ4v) is 3.93. The maximum atomic E-state index is 12.9. The van der Waals surface area contributed by atoms with E-state index in [0.29, 0.717) is 38.5 Å². The molecular formula is C21H26N4O2. The van der Waals surface area contributed by atoms with E-state index in [-0.39, 0.29) is 11.9 Å². The molecule has 2 aliphatic heterocycles. The first kappa shape index (κ1) is 17.9. The Morgan fingerprint density at radius 2 is 2.04 bits per heavy atom. The largest absolute Gasteiger partial charge is 0.383 e. The molecular weight excluding hydrogens is 340 g/mol. The average Bonchev–Trinajstić information content (AvgIpc) is 2.70. The van der Waals surface area contributed by atoms with E-state index >= 15 is 0 Å². The lowest BCUT2D eigenvalue weighted by atomic mass is 9.99. The fourth-order valence-electron chi connectivity index (χ4n) is 3.93. The maximum Gasteiger partial charge on any atom is 0.224 e. The van der Waals surface area contributed by atoms with Crippen LogP contribution in [0.4, 0.5) is 5.82 Å². The van der Waals surface area contributed by atoms with Crippen molar-refractivity contribution in [2.24, 2.45) is 0 Å². The predicted octanol–water partition coefficient (Wildman–Crippen LogP) is 1.84. The van der Waals surface area contributed by atoms with Gasteiger partial charge in [-0.2, -0.15) is 0 Å². The van der Waals surface area contributed by atoms with Crippen molar-refractivity contribution >= 4 is 11.7 Å². The van der Waals surface area contributed by atoms with Gasteiger partial charge in [-0.1, -0.05) is 30.3 Å². The molecule has 1 aromatic carbocycles. The number of pyridine rings is 1. The van der Waals surface area contributed by atoms with Crippen LogP contribution < -0.4 is 5.73 Å². The summed E-state index contributed by atoms with van der Waals surface area (Å²) in [5.74, 6) is 0.755. The van der Waals surface area contributed by atoms with Gasteiger partial charge in [0, 0.05) is 50.4 Å². The number of anilines is 1. The first-order chi connectivity index (χ1) is 13.2. The van der Waals surface area contributed by atoms with E-state index in [2.05, 4.69) is 28.1 Å². The normalized spacial score (nSPS) is 20.3. The zero-order chi connectivity index (χ0) is 18.6. The summed E-state index contributed by atoms with van der Waals surface area (Å²) < 4.78 is 5.67. The van der Waals surface area contributed by atoms with Crippen LogP contribution in [0.2, 0.25) is 0 Å². The number of nitrogens with zero attached hydrogens (tertiary/aromatic N) is 3. The van der Waals surface area contributed by atoms with Crippen LogP contribution in [0.15, 0.2) is 42.6 Å². The zero-order valence-corrected chi connectivity index (χ0v) is 15.5. The number of hydrogen-bond acceptors (Lipinski definition) is 5. The second-order valence-corrected chi connectivity index (χ2v) is 7.29. The number of benzene rings is 1. The van der Waals surface area contributed by atoms with E-state index < -0.39 is 0 Å². The van der Waals surface area contributed by atoms with Crippen LogP contribution in [0, 0.1) is 0 Å². The van der Waals surface area contributed by atoms with E-state index in [1.54, 1.807) is 6.20 Å². The summed E-state index contributed by atoms with van der Waals surface area (Å²) >= 11 is 0. The molecule has 1 aromatic heterocycles. The van der Waals surface area contributed by atoms with Crippen LogP contribution in [0.3, 0.4) is 0 Å². The standard InChI is InChI=1S/C21H26N4O2/c22-21-18(6-3-8-23-21)14-24-10-11-27-15-19(24)12-20(26)25-9-7-16-4-1-2-5-17(16)13-25/h1-6,8,19H,7,9-15H2,(H2,22,23)/t19-/m0/s1. The van der Waals surface area contributed by atoms with Crippen LogP contribution >= 0.6 is 0 Å². The molecule has 0 bridgehead atoms. The number of carbonyl (C=O) groups excluding carboxylic acids is 1. The number of amides is 1. The van der Waals surface area contributed by atoms with Gasteiger partial charge >= 0.3 is 0 Å². The van der Waals surface area contributed by atoms with Crippen LogP contribution in [-0.2, 0) is 29.0 Å². The van der Waals surface area contributed by atoms with Gasteiger partial charge in [-0.25, -0.2) is 4.98 Å². The van der Waals surface area contributed by atoms with Crippen LogP contribution in [-0.4, -0.2) is 53.0 Å². The lowest BCUT2D eigenvalue weighted by Crippen LogP contribution is -2.48. The lowest BCUT2D eigenvalue weighted by molar-refractivity contribution is -0.135. The molecule has 6 nitrogen and oxygen atoms in total. The topological polar surface area (TPSA) is 71.7 Å². The Hall–Kier alpha value is -2.44. The summed E-state index contributed by atoms with van der Waals surface area (Å²) in [5, 5.41) is 0. The van der Waals surface area contributed by atoms with Gasteiger partial charge in [0.05, 0.1) is 13.2 Å². The fraction of sp³-hybridized carbons (Fsp3) is 0.429. The minimum atomic E-state index is 0.0722. The highest BCUT2D eigenvalue weighted by atomic mass is 16.5. The summed E-state index contributed by atoms with van der Waals surface area (Å²) in [7, 11) is 0. The molecule has 0 radical (unpaired) electrons. The van der Waals surface area contributed by atoms with Crippen LogP contribution in [0.5, 0.6) is 0 Å². The number of aromatic nitrogens is 1. The Morgan fingerprint density at radius 3 is 2.89 bits per heavy atom. The van der Waals surface area contributed by atoms with Crippen molar-refractivity contribution < 1.29 is 9.53 Å². The summed E-state index contributed by atoms with van der Waals surface area (Å²) in [6.45, 7) is 4.26. The quantitative estimate of drug-likeness (QED) is 0.894. The van der Waals surface area contributed by atoms with Gasteiger partial charge in [0.15, 0.2) is 0 Å². The second kappa shape index (κ2) is 8.06. The monoisotopic (exact) mass is 366 g/mol. The number of nitrogens with two attached hydrogens (primary N) is 1. The smallest absolute Gasteiger partial charge is 0.224 e. The Balaban J connectivity index is 1.41. The number of ether oxygens (including phenoxy) is 1. The first-order valence-corrected chi connectivity index (χ1v) is 9.56. The van der Waals surface area contributed by atoms with E-state index in [9.17, 15) is 4.79 Å². The molecule has 2 N–H and O–H groups in total. The molecule has 2 aromatic rings. The third kappa shape index (κ3) is 4.12. The highest BCUT2D eigenvalue weighted by Gasteiger charge is 2.29. The molecule has 0 unspecified atom stereocenters. The Morgan fingerprint density at radius 1 is 1.19 bits per heavy atom. The van der Waals surface area contributed by atoms with Gasteiger partial charge in [0.2, 0.25) is 5.91 Å². The number of nitrogen functional groups attached to an aromatic ring is 1. The van der Waals surface area contributed by atoms with Gasteiger partial charge in [-0.3, -0.25) is 9.69 Å². The SMILES string of the molecule is Nc1ncccc1CN1CCOC[C@@H]1CC(=O)N1CCc2ccccc2C1. The van der Waals surface area contributed by atoms with Gasteiger partial charge in [0.1, 0.15) is 5.82 Å². The minimum absolute atomic E-state index is 0.0722. The number of morpholine rings is 1. The Labute approximate surface area is 159 Å². The van der Waals surface area contributed by atoms with Gasteiger partial charge in [0.25, 0.3) is 0 Å². The molecule has 1 saturated heterocycles. The molecule has 0 spiro atoms. The maximum absolute atomic E-state index is 12.9. The molecule has 1 atom stereocenters. The number of fused-ring (bicyclic) bond motifs is 1. The molecule has 4 rings (SSSR count). The van der Waals surface area contributed by atoms with Crippen LogP contribution in [0.1, 0.15) is 23.1 Å². The van der Waals surface area contributed by atoms with E-state index in [1.807, 2.05) is 23.1 Å². The highest BCUT2D eigenvalue weighted by molar-refractivity contribution is 5.77. The molecule has 142 valence electrons. The van der Waals surface area contributed by atoms with E-state index in [1.165, 1.54) is 11.1 Å². The van der Waals surface area contributed by atoms with Crippen molar-refractivity contribution in [3.8, 4) is 0 Å². The molecule has 2 aliphatic rings. The molecule has 3 heterocycles. The average molecular weight is 366 g/mol. The molecule has 0 saturated carbocycles. The van der Waals surface area contributed by atoms with Gasteiger partial charge in [-0.15, -0.1) is 0 Å². The first-order valence-electron chi connectivity index (χ1n) is 9.56. The molecule has 6 heteroatoms. The van der Waals surface area contributed by atoms with Crippen molar-refractivity contribution in [1.29, 1.82) is 0 Å². The number of hydrogen-bond donors (Lipinski definition) is 1. The van der Waals surface area contributed by atoms with Crippen molar-refractivity contribution in [2.45, 2.75) is 32.0 Å². The van der Waals surface area contributed by atoms with E-state index in [4.69, 9.17) is 10.5 Å². The van der Waals surface area contributed by atoms with Crippen molar-refractivity contribution in [1.82, 2.24) is 14.8 Å². The minimum Gasteiger partial charge on any atom is -0.383 e. The molecule has 1 fully saturated rings. The predicted molar refractivity (Wildman–Crippen MR) is 104 cm³/mol. The zero-order valence-electron chi connectivity index (χ0n) is 15.5. The highest BCUT2D eigenvalue weighted by Crippen LogP contribution is 2.22. The van der Waals surface area contributed by atoms with Crippen LogP contribution in [0.25, 0.3) is 0 Å². The van der Waals surface area contributed by atoms with Crippen molar-refractivity contribution in [3.63, 3.8) is 0 Å². The molecule has 27 heavy (non-hydrogen) atoms. The third-order valence-corrected chi connectivity index (χ3v) is 5.54. The summed E-state index contributed by atoms with van der Waals surface area (Å²) in [6.07, 6.45) is 3.11. The van der Waals surface area contributed by atoms with Crippen molar-refractivity contribution in [2.75, 3.05) is 32.0 Å². The summed E-state index contributed by atoms with van der Waals surface area (Å²) in [4.78, 5) is 21.4. The Bertz CT molecular complexity index is 810. The Kier molecular flexibility index (Phi) is 5.36. The van der Waals surface area contributed by atoms with Gasteiger partial charge in [-0.05, 0) is 23.6 Å².